The molecule has 0 radical (unpaired) electrons. The van der Waals surface area contributed by atoms with E-state index in [-0.39, 0.29) is 23.0 Å². The van der Waals surface area contributed by atoms with Crippen LogP contribution in [0.2, 0.25) is 0 Å². The fraction of sp³-hybridized carbons (Fsp3) is 0.760. The van der Waals surface area contributed by atoms with E-state index in [1.807, 2.05) is 0 Å². The number of imidazole rings is 1. The minimum absolute atomic E-state index is 0.00524. The number of aliphatic hydroxyl groups is 3. The summed E-state index contributed by atoms with van der Waals surface area (Å²) in [6.07, 6.45) is 8.69. The smallest absolute Gasteiger partial charge is 0.280 e. The first-order chi connectivity index (χ1) is 17.3. The monoisotopic (exact) mass is 507 g/mol. The second-order valence-corrected chi connectivity index (χ2v) is 10.1. The Morgan fingerprint density at radius 1 is 1.08 bits per heavy atom. The number of hydrogen-bond donors (Lipinski definition) is 5. The number of carbonyl (C=O) groups is 1. The van der Waals surface area contributed by atoms with Gasteiger partial charge in [-0.15, -0.1) is 0 Å². The van der Waals surface area contributed by atoms with Crippen molar-refractivity contribution in [3.05, 3.63) is 16.7 Å². The van der Waals surface area contributed by atoms with Crippen molar-refractivity contribution in [2.24, 2.45) is 5.92 Å². The fourth-order valence-electron chi connectivity index (χ4n) is 4.55. The van der Waals surface area contributed by atoms with E-state index in [2.05, 4.69) is 34.1 Å². The van der Waals surface area contributed by atoms with Crippen molar-refractivity contribution in [1.29, 1.82) is 0 Å². The van der Waals surface area contributed by atoms with E-state index >= 15 is 0 Å². The largest absolute Gasteiger partial charge is 0.394 e. The van der Waals surface area contributed by atoms with Crippen LogP contribution >= 0.6 is 0 Å². The molecular formula is C25H41N5O6. The lowest BCUT2D eigenvalue weighted by molar-refractivity contribution is -0.116. The molecule has 1 amide bonds. The van der Waals surface area contributed by atoms with Gasteiger partial charge in [0.15, 0.2) is 17.4 Å². The number of nitrogens with zero attached hydrogens (tertiary/aromatic N) is 3. The Morgan fingerprint density at radius 3 is 2.33 bits per heavy atom. The number of unbranched alkanes of at least 4 members (excludes halogenated alkanes) is 8. The molecule has 2 aromatic rings. The number of ether oxygens (including phenoxy) is 1. The predicted molar refractivity (Wildman–Crippen MR) is 135 cm³/mol. The molecule has 0 saturated carbocycles. The van der Waals surface area contributed by atoms with Crippen LogP contribution in [0.1, 0.15) is 90.7 Å². The average Bonchev–Trinajstić information content (AvgIpc) is 3.38. The molecule has 0 bridgehead atoms. The summed E-state index contributed by atoms with van der Waals surface area (Å²) in [5.74, 6) is 0.519. The SMILES string of the molecule is CC(C)CCCCCCCCCCCC(=O)Nc1nc2c(ncn2[C@@H]2O[C@H](CO)[C@@H](O)[C@H]2O)c(=O)[nH]1. The van der Waals surface area contributed by atoms with E-state index in [1.165, 1.54) is 55.8 Å². The topological polar surface area (TPSA) is 163 Å². The van der Waals surface area contributed by atoms with Crippen LogP contribution in [0.5, 0.6) is 0 Å². The summed E-state index contributed by atoms with van der Waals surface area (Å²) in [4.78, 5) is 35.6. The second kappa shape index (κ2) is 13.8. The summed E-state index contributed by atoms with van der Waals surface area (Å²) in [5, 5.41) is 32.3. The van der Waals surface area contributed by atoms with Crippen molar-refractivity contribution in [3.8, 4) is 0 Å². The number of rotatable bonds is 15. The van der Waals surface area contributed by atoms with Crippen LogP contribution in [0.15, 0.2) is 11.1 Å². The summed E-state index contributed by atoms with van der Waals surface area (Å²) >= 11 is 0. The molecule has 11 heteroatoms. The first-order valence-corrected chi connectivity index (χ1v) is 13.2. The molecule has 0 spiro atoms. The summed E-state index contributed by atoms with van der Waals surface area (Å²) in [6, 6.07) is 0. The number of anilines is 1. The third-order valence-corrected chi connectivity index (χ3v) is 6.67. The van der Waals surface area contributed by atoms with E-state index in [9.17, 15) is 24.9 Å². The molecule has 1 fully saturated rings. The van der Waals surface area contributed by atoms with Crippen molar-refractivity contribution in [3.63, 3.8) is 0 Å². The Labute approximate surface area is 211 Å². The van der Waals surface area contributed by atoms with Gasteiger partial charge in [0.25, 0.3) is 5.56 Å². The Balaban J connectivity index is 1.43. The molecule has 11 nitrogen and oxygen atoms in total. The molecule has 0 unspecified atom stereocenters. The number of amides is 1. The molecule has 1 saturated heterocycles. The normalized spacial score (nSPS) is 22.1. The van der Waals surface area contributed by atoms with Gasteiger partial charge in [-0.05, 0) is 12.3 Å². The number of aromatic nitrogens is 4. The number of aliphatic hydroxyl groups excluding tert-OH is 3. The van der Waals surface area contributed by atoms with Gasteiger partial charge in [0.05, 0.1) is 12.9 Å². The average molecular weight is 508 g/mol. The summed E-state index contributed by atoms with van der Waals surface area (Å²) in [7, 11) is 0. The Kier molecular flexibility index (Phi) is 10.8. The van der Waals surface area contributed by atoms with Crippen LogP contribution in [0, 0.1) is 5.92 Å². The molecule has 0 aliphatic carbocycles. The molecule has 202 valence electrons. The van der Waals surface area contributed by atoms with Gasteiger partial charge in [-0.25, -0.2) is 4.98 Å². The maximum absolute atomic E-state index is 12.4. The minimum atomic E-state index is -1.34. The summed E-state index contributed by atoms with van der Waals surface area (Å²) < 4.78 is 6.82. The van der Waals surface area contributed by atoms with Crippen LogP contribution in [-0.2, 0) is 9.53 Å². The number of fused-ring (bicyclic) bond motifs is 1. The van der Waals surface area contributed by atoms with Crippen molar-refractivity contribution >= 4 is 23.0 Å². The van der Waals surface area contributed by atoms with Crippen molar-refractivity contribution in [2.75, 3.05) is 11.9 Å². The maximum atomic E-state index is 12.4. The highest BCUT2D eigenvalue weighted by atomic mass is 16.6. The molecule has 4 atom stereocenters. The number of hydrogen-bond acceptors (Lipinski definition) is 8. The minimum Gasteiger partial charge on any atom is -0.394 e. The highest BCUT2D eigenvalue weighted by Crippen LogP contribution is 2.30. The number of H-pyrrole nitrogens is 1. The third-order valence-electron chi connectivity index (χ3n) is 6.67. The zero-order valence-electron chi connectivity index (χ0n) is 21.4. The quantitative estimate of drug-likeness (QED) is 0.230. The summed E-state index contributed by atoms with van der Waals surface area (Å²) in [6.45, 7) is 4.06. The molecule has 36 heavy (non-hydrogen) atoms. The van der Waals surface area contributed by atoms with Crippen LogP contribution in [0.3, 0.4) is 0 Å². The molecule has 3 heterocycles. The number of carbonyl (C=O) groups excluding carboxylic acids is 1. The zero-order chi connectivity index (χ0) is 26.1. The van der Waals surface area contributed by atoms with E-state index in [1.54, 1.807) is 0 Å². The van der Waals surface area contributed by atoms with Crippen LogP contribution in [0.4, 0.5) is 5.95 Å². The van der Waals surface area contributed by atoms with Crippen LogP contribution in [-0.4, -0.2) is 65.7 Å². The van der Waals surface area contributed by atoms with Crippen molar-refractivity contribution in [1.82, 2.24) is 19.5 Å². The molecule has 2 aromatic heterocycles. The van der Waals surface area contributed by atoms with Gasteiger partial charge in [0, 0.05) is 6.42 Å². The van der Waals surface area contributed by atoms with E-state index in [0.29, 0.717) is 6.42 Å². The fourth-order valence-corrected chi connectivity index (χ4v) is 4.55. The predicted octanol–water partition coefficient (Wildman–Crippen LogP) is 2.62. The molecule has 3 rings (SSSR count). The Morgan fingerprint density at radius 2 is 1.72 bits per heavy atom. The molecule has 0 aromatic carbocycles. The van der Waals surface area contributed by atoms with Gasteiger partial charge < -0.3 is 20.1 Å². The Bertz CT molecular complexity index is 1020. The highest BCUT2D eigenvalue weighted by molar-refractivity contribution is 5.89. The first-order valence-electron chi connectivity index (χ1n) is 13.2. The first kappa shape index (κ1) is 28.2. The maximum Gasteiger partial charge on any atom is 0.280 e. The lowest BCUT2D eigenvalue weighted by Crippen LogP contribution is -2.33. The van der Waals surface area contributed by atoms with E-state index in [0.717, 1.165) is 25.2 Å². The van der Waals surface area contributed by atoms with Crippen LogP contribution < -0.4 is 10.9 Å². The standard InChI is InChI=1S/C25H41N5O6/c1-16(2)12-10-8-6-4-3-5-7-9-11-13-18(32)27-25-28-22-19(23(35)29-25)26-15-30(22)24-21(34)20(33)17(14-31)36-24/h15-17,20-21,24,31,33-34H,3-14H2,1-2H3,(H2,27,28,29,32,35)/t17-,20-,21-,24-/m1/s1. The molecular weight excluding hydrogens is 466 g/mol. The van der Waals surface area contributed by atoms with Gasteiger partial charge in [0.1, 0.15) is 18.3 Å². The zero-order valence-corrected chi connectivity index (χ0v) is 21.4. The van der Waals surface area contributed by atoms with Crippen molar-refractivity contribution < 1.29 is 24.9 Å². The van der Waals surface area contributed by atoms with Gasteiger partial charge in [-0.3, -0.25) is 24.5 Å². The van der Waals surface area contributed by atoms with Gasteiger partial charge >= 0.3 is 0 Å². The molecule has 1 aliphatic heterocycles. The lowest BCUT2D eigenvalue weighted by atomic mass is 10.0. The number of nitrogens with one attached hydrogen (secondary N) is 2. The molecule has 5 N–H and O–H groups in total. The summed E-state index contributed by atoms with van der Waals surface area (Å²) in [5.41, 5.74) is -0.455. The van der Waals surface area contributed by atoms with E-state index < -0.39 is 36.7 Å². The van der Waals surface area contributed by atoms with Gasteiger partial charge in [-0.1, -0.05) is 71.6 Å². The third kappa shape index (κ3) is 7.58. The van der Waals surface area contributed by atoms with Crippen LogP contribution in [0.25, 0.3) is 11.2 Å². The van der Waals surface area contributed by atoms with Gasteiger partial charge in [0.2, 0.25) is 11.9 Å². The Hall–Kier alpha value is -2.34. The van der Waals surface area contributed by atoms with Crippen molar-refractivity contribution in [2.45, 2.75) is 109 Å². The second-order valence-electron chi connectivity index (χ2n) is 10.1. The van der Waals surface area contributed by atoms with Gasteiger partial charge in [-0.2, -0.15) is 4.98 Å². The number of aromatic amines is 1. The molecule has 1 aliphatic rings. The lowest BCUT2D eigenvalue weighted by Gasteiger charge is -2.16. The highest BCUT2D eigenvalue weighted by Gasteiger charge is 2.44. The van der Waals surface area contributed by atoms with E-state index in [4.69, 9.17) is 4.74 Å².